The van der Waals surface area contributed by atoms with Crippen molar-refractivity contribution in [1.29, 1.82) is 5.26 Å². The van der Waals surface area contributed by atoms with Crippen LogP contribution in [0.15, 0.2) is 48.5 Å². The summed E-state index contributed by atoms with van der Waals surface area (Å²) in [5.41, 5.74) is 8.42. The number of nitrogens with one attached hydrogen (secondary N) is 2. The van der Waals surface area contributed by atoms with Crippen molar-refractivity contribution < 1.29 is 24.0 Å². The van der Waals surface area contributed by atoms with E-state index in [1.807, 2.05) is 24.3 Å². The highest BCUT2D eigenvalue weighted by Gasteiger charge is 2.46. The van der Waals surface area contributed by atoms with E-state index in [0.717, 1.165) is 109 Å². The molecule has 3 aromatic carbocycles. The van der Waals surface area contributed by atoms with E-state index in [4.69, 9.17) is 0 Å². The predicted molar refractivity (Wildman–Crippen MR) is 218 cm³/mol. The Morgan fingerprint density at radius 3 is 2.28 bits per heavy atom. The number of nitrogens with zero attached hydrogens (tertiary/aromatic N) is 5. The highest BCUT2D eigenvalue weighted by Crippen LogP contribution is 2.46. The van der Waals surface area contributed by atoms with Crippen LogP contribution in [-0.4, -0.2) is 95.0 Å². The van der Waals surface area contributed by atoms with Gasteiger partial charge in [0.1, 0.15) is 6.04 Å². The first-order chi connectivity index (χ1) is 27.9. The first-order valence-electron chi connectivity index (χ1n) is 20.8. The molecule has 5 aliphatic heterocycles. The number of amides is 4. The number of hydrogen-bond acceptors (Lipinski definition) is 9. The second kappa shape index (κ2) is 13.4. The zero-order valence-electron chi connectivity index (χ0n) is 33.2. The number of anilines is 2. The molecule has 2 bridgehead atoms. The van der Waals surface area contributed by atoms with Crippen LogP contribution < -0.4 is 15.1 Å². The normalized spacial score (nSPS) is 24.3. The quantitative estimate of drug-likeness (QED) is 0.244. The lowest BCUT2D eigenvalue weighted by molar-refractivity contribution is -0.136. The number of nitriles is 1. The number of H-pyrrole nitrogens is 1. The molecular formula is C46H47N7O5. The molecule has 296 valence electrons. The van der Waals surface area contributed by atoms with Gasteiger partial charge in [0.2, 0.25) is 11.8 Å². The first kappa shape index (κ1) is 36.5. The van der Waals surface area contributed by atoms with Crippen molar-refractivity contribution in [2.75, 3.05) is 42.5 Å². The minimum absolute atomic E-state index is 0.0474. The van der Waals surface area contributed by atoms with Gasteiger partial charge in [-0.15, -0.1) is 0 Å². The summed E-state index contributed by atoms with van der Waals surface area (Å²) in [6.07, 6.45) is 5.53. The zero-order chi connectivity index (χ0) is 40.2. The van der Waals surface area contributed by atoms with Crippen LogP contribution in [0.5, 0.6) is 0 Å². The number of aryl methyl sites for hydroxylation is 1. The molecule has 6 heterocycles. The summed E-state index contributed by atoms with van der Waals surface area (Å²) in [4.78, 5) is 77.4. The molecule has 0 saturated carbocycles. The average Bonchev–Trinajstić information content (AvgIpc) is 3.81. The molecule has 4 amide bonds. The number of ketones is 1. The van der Waals surface area contributed by atoms with E-state index in [1.54, 1.807) is 12.1 Å². The van der Waals surface area contributed by atoms with Crippen molar-refractivity contribution in [3.8, 4) is 6.07 Å². The number of rotatable bonds is 6. The van der Waals surface area contributed by atoms with Gasteiger partial charge in [-0.2, -0.15) is 5.26 Å². The van der Waals surface area contributed by atoms with Crippen molar-refractivity contribution in [3.05, 3.63) is 93.2 Å². The largest absolute Gasteiger partial charge is 0.371 e. The Bertz CT molecular complexity index is 2510. The van der Waals surface area contributed by atoms with Gasteiger partial charge < -0.3 is 14.8 Å². The number of aromatic amines is 1. The summed E-state index contributed by atoms with van der Waals surface area (Å²) < 4.78 is 0. The standard InChI is InChI=1S/C46H47N7O5/c1-4-27-18-34-35(46(2,3)42-40(41(34)55)32-9-5-26(21-47)17-36(32)48-42)20-38(27)50-15-13-25(14-16-50)22-52-29-6-7-30(52)24-51(23-29)28-8-10-31-33(19-28)45(58)53(44(31)57)37-11-12-39(54)49-43(37)56/h5,8-10,17-20,25,29-30,37,48H,4,6-7,11-16,22-24H2,1-3H3,(H,49,54,56). The highest BCUT2D eigenvalue weighted by molar-refractivity contribution is 6.24. The SMILES string of the molecule is CCc1cc2c(cc1N1CCC(CN3C4CCC3CN(c3ccc5c(c3)C(=O)N(C3CCC(=O)NC3=O)C5=O)C4)CC1)C(C)(C)c1[nH]c3cc(C#N)ccc3c1C2=O. The molecule has 12 nitrogen and oxygen atoms in total. The zero-order valence-corrected chi connectivity index (χ0v) is 33.2. The lowest BCUT2D eigenvalue weighted by Gasteiger charge is -2.45. The van der Waals surface area contributed by atoms with E-state index < -0.39 is 29.2 Å². The Morgan fingerprint density at radius 2 is 1.57 bits per heavy atom. The van der Waals surface area contributed by atoms with Crippen molar-refractivity contribution in [3.63, 3.8) is 0 Å². The Hall–Kier alpha value is -5.80. The van der Waals surface area contributed by atoms with E-state index >= 15 is 0 Å². The third-order valence-corrected chi connectivity index (χ3v) is 14.1. The molecule has 4 aromatic rings. The third-order valence-electron chi connectivity index (χ3n) is 14.1. The average molecular weight is 778 g/mol. The molecule has 3 unspecified atom stereocenters. The number of imide groups is 2. The summed E-state index contributed by atoms with van der Waals surface area (Å²) in [5, 5.41) is 12.6. The van der Waals surface area contributed by atoms with Gasteiger partial charge in [-0.3, -0.25) is 39.1 Å². The van der Waals surface area contributed by atoms with Crippen LogP contribution >= 0.6 is 0 Å². The maximum absolute atomic E-state index is 14.2. The van der Waals surface area contributed by atoms with Gasteiger partial charge in [0, 0.05) is 90.2 Å². The molecule has 10 rings (SSSR count). The maximum atomic E-state index is 14.2. The molecule has 2 N–H and O–H groups in total. The maximum Gasteiger partial charge on any atom is 0.262 e. The van der Waals surface area contributed by atoms with Crippen LogP contribution in [0.4, 0.5) is 11.4 Å². The molecule has 1 aromatic heterocycles. The van der Waals surface area contributed by atoms with Gasteiger partial charge in [0.25, 0.3) is 11.8 Å². The van der Waals surface area contributed by atoms with Gasteiger partial charge in [-0.05, 0) is 98.0 Å². The Kier molecular flexibility index (Phi) is 8.43. The van der Waals surface area contributed by atoms with Gasteiger partial charge in [-0.25, -0.2) is 0 Å². The number of hydrogen-bond donors (Lipinski definition) is 2. The van der Waals surface area contributed by atoms with Gasteiger partial charge in [-0.1, -0.05) is 26.8 Å². The van der Waals surface area contributed by atoms with E-state index in [9.17, 15) is 29.2 Å². The van der Waals surface area contributed by atoms with Gasteiger partial charge in [0.15, 0.2) is 5.78 Å². The molecule has 1 aliphatic carbocycles. The fourth-order valence-electron chi connectivity index (χ4n) is 11.0. The molecule has 6 aliphatic rings. The predicted octanol–water partition coefficient (Wildman–Crippen LogP) is 5.44. The van der Waals surface area contributed by atoms with Crippen LogP contribution in [0.1, 0.15) is 118 Å². The topological polar surface area (TPSA) is 150 Å². The summed E-state index contributed by atoms with van der Waals surface area (Å²) in [6.45, 7) is 11.3. The fourth-order valence-corrected chi connectivity index (χ4v) is 11.0. The highest BCUT2D eigenvalue weighted by atomic mass is 16.2. The van der Waals surface area contributed by atoms with Crippen molar-refractivity contribution in [2.45, 2.75) is 89.3 Å². The summed E-state index contributed by atoms with van der Waals surface area (Å²) >= 11 is 0. The number of benzene rings is 3. The monoisotopic (exact) mass is 777 g/mol. The van der Waals surface area contributed by atoms with Crippen molar-refractivity contribution in [2.24, 2.45) is 5.92 Å². The van der Waals surface area contributed by atoms with E-state index in [-0.39, 0.29) is 24.5 Å². The lowest BCUT2D eigenvalue weighted by Crippen LogP contribution is -2.55. The van der Waals surface area contributed by atoms with E-state index in [0.29, 0.717) is 34.7 Å². The fraction of sp³-hybridized carbons (Fsp3) is 0.435. The van der Waals surface area contributed by atoms with Crippen molar-refractivity contribution in [1.82, 2.24) is 20.1 Å². The number of piperidine rings is 2. The third kappa shape index (κ3) is 5.53. The first-order valence-corrected chi connectivity index (χ1v) is 20.8. The molecule has 58 heavy (non-hydrogen) atoms. The summed E-state index contributed by atoms with van der Waals surface area (Å²) in [6, 6.07) is 17.5. The molecule has 0 spiro atoms. The van der Waals surface area contributed by atoms with Crippen molar-refractivity contribution >= 4 is 51.7 Å². The number of piperazine rings is 1. The Balaban J connectivity index is 0.811. The Morgan fingerprint density at radius 1 is 0.828 bits per heavy atom. The van der Waals surface area contributed by atoms with Gasteiger partial charge in [0.05, 0.1) is 28.3 Å². The summed E-state index contributed by atoms with van der Waals surface area (Å²) in [5.74, 6) is -1.30. The molecule has 12 heteroatoms. The van der Waals surface area contributed by atoms with Gasteiger partial charge >= 0.3 is 0 Å². The van der Waals surface area contributed by atoms with Crippen LogP contribution in [0, 0.1) is 17.2 Å². The smallest absolute Gasteiger partial charge is 0.262 e. The van der Waals surface area contributed by atoms with E-state index in [2.05, 4.69) is 64.0 Å². The number of aromatic nitrogens is 1. The van der Waals surface area contributed by atoms with Crippen LogP contribution in [0.25, 0.3) is 10.9 Å². The number of carbonyl (C=O) groups is 5. The number of carbonyl (C=O) groups excluding carboxylic acids is 5. The second-order valence-electron chi connectivity index (χ2n) is 17.7. The lowest BCUT2D eigenvalue weighted by atomic mass is 9.70. The van der Waals surface area contributed by atoms with Crippen LogP contribution in [-0.2, 0) is 21.4 Å². The van der Waals surface area contributed by atoms with Crippen LogP contribution in [0.3, 0.4) is 0 Å². The minimum Gasteiger partial charge on any atom is -0.371 e. The minimum atomic E-state index is -0.972. The summed E-state index contributed by atoms with van der Waals surface area (Å²) in [7, 11) is 0. The Labute approximate surface area is 337 Å². The molecule has 4 saturated heterocycles. The molecule has 0 radical (unpaired) electrons. The second-order valence-corrected chi connectivity index (χ2v) is 17.7. The van der Waals surface area contributed by atoms with Crippen LogP contribution in [0.2, 0.25) is 0 Å². The molecule has 3 atom stereocenters. The molecular weight excluding hydrogens is 731 g/mol. The molecule has 4 fully saturated rings. The number of fused-ring (bicyclic) bond motifs is 7. The van der Waals surface area contributed by atoms with E-state index in [1.165, 1.54) is 11.3 Å².